The lowest BCUT2D eigenvalue weighted by Gasteiger charge is -2.27. The second-order valence-electron chi connectivity index (χ2n) is 6.19. The lowest BCUT2D eigenvalue weighted by molar-refractivity contribution is -0.125. The van der Waals surface area contributed by atoms with E-state index in [4.69, 9.17) is 0 Å². The zero-order chi connectivity index (χ0) is 16.5. The number of thioether (sulfide) groups is 1. The van der Waals surface area contributed by atoms with Crippen LogP contribution in [-0.2, 0) is 4.79 Å². The summed E-state index contributed by atoms with van der Waals surface area (Å²) in [5.41, 5.74) is -0.121. The molecule has 0 radical (unpaired) electrons. The molecule has 120 valence electrons. The second-order valence-corrected chi connectivity index (χ2v) is 8.10. The highest BCUT2D eigenvalue weighted by Crippen LogP contribution is 2.25. The number of nitrogens with zero attached hydrogens (tertiary/aromatic N) is 1. The number of hydrogen-bond donors (Lipinski definition) is 1. The molecule has 2 amide bonds. The zero-order valence-electron chi connectivity index (χ0n) is 12.7. The molecule has 1 unspecified atom stereocenters. The summed E-state index contributed by atoms with van der Waals surface area (Å²) in [6, 6.07) is 3.51. The summed E-state index contributed by atoms with van der Waals surface area (Å²) in [4.78, 5) is 26.4. The number of hydrogen-bond acceptors (Lipinski definition) is 3. The molecule has 2 rings (SSSR count). The standard InChI is InChI=1S/C15H18BrFN2O2S/c1-15(2,3)18-13(20)12-7-22-8-19(12)14(21)9-4-10(16)6-11(17)5-9/h4-6,12H,7-8H2,1-3H3,(H,18,20). The van der Waals surface area contributed by atoms with Gasteiger partial charge in [0.25, 0.3) is 5.91 Å². The van der Waals surface area contributed by atoms with Crippen molar-refractivity contribution >= 4 is 39.5 Å². The number of benzene rings is 1. The normalized spacial score (nSPS) is 18.4. The molecule has 1 aromatic rings. The van der Waals surface area contributed by atoms with Crippen LogP contribution in [0.2, 0.25) is 0 Å². The predicted molar refractivity (Wildman–Crippen MR) is 89.3 cm³/mol. The average molecular weight is 389 g/mol. The van der Waals surface area contributed by atoms with Crippen LogP contribution in [0.4, 0.5) is 4.39 Å². The van der Waals surface area contributed by atoms with Crippen LogP contribution in [0.25, 0.3) is 0 Å². The van der Waals surface area contributed by atoms with E-state index in [2.05, 4.69) is 21.2 Å². The molecular formula is C15H18BrFN2O2S. The van der Waals surface area contributed by atoms with Crippen molar-refractivity contribution in [2.75, 3.05) is 11.6 Å². The molecule has 1 aromatic carbocycles. The fraction of sp³-hybridized carbons (Fsp3) is 0.467. The first kappa shape index (κ1) is 17.3. The molecule has 1 saturated heterocycles. The first-order chi connectivity index (χ1) is 10.2. The van der Waals surface area contributed by atoms with E-state index in [9.17, 15) is 14.0 Å². The SMILES string of the molecule is CC(C)(C)NC(=O)C1CSCN1C(=O)c1cc(F)cc(Br)c1. The highest BCUT2D eigenvalue weighted by Gasteiger charge is 2.36. The molecule has 1 heterocycles. The fourth-order valence-electron chi connectivity index (χ4n) is 2.16. The van der Waals surface area contributed by atoms with Crippen molar-refractivity contribution in [3.05, 3.63) is 34.1 Å². The van der Waals surface area contributed by atoms with Gasteiger partial charge in [0.05, 0.1) is 5.88 Å². The fourth-order valence-corrected chi connectivity index (χ4v) is 3.78. The molecule has 1 aliphatic rings. The van der Waals surface area contributed by atoms with E-state index in [0.717, 1.165) is 0 Å². The minimum Gasteiger partial charge on any atom is -0.350 e. The quantitative estimate of drug-likeness (QED) is 0.846. The van der Waals surface area contributed by atoms with Gasteiger partial charge in [-0.15, -0.1) is 11.8 Å². The molecular weight excluding hydrogens is 371 g/mol. The van der Waals surface area contributed by atoms with Gasteiger partial charge in [-0.05, 0) is 39.0 Å². The second kappa shape index (κ2) is 6.58. The minimum atomic E-state index is -0.529. The molecule has 1 N–H and O–H groups in total. The lowest BCUT2D eigenvalue weighted by atomic mass is 10.1. The van der Waals surface area contributed by atoms with Gasteiger partial charge in [-0.2, -0.15) is 0 Å². The summed E-state index contributed by atoms with van der Waals surface area (Å²) in [7, 11) is 0. The van der Waals surface area contributed by atoms with Gasteiger partial charge in [-0.3, -0.25) is 9.59 Å². The van der Waals surface area contributed by atoms with Crippen molar-refractivity contribution in [3.8, 4) is 0 Å². The van der Waals surface area contributed by atoms with Crippen LogP contribution in [0.15, 0.2) is 22.7 Å². The smallest absolute Gasteiger partial charge is 0.255 e. The van der Waals surface area contributed by atoms with Crippen LogP contribution in [0, 0.1) is 5.82 Å². The molecule has 0 aliphatic carbocycles. The highest BCUT2D eigenvalue weighted by atomic mass is 79.9. The van der Waals surface area contributed by atoms with Crippen LogP contribution in [-0.4, -0.2) is 39.9 Å². The minimum absolute atomic E-state index is 0.179. The summed E-state index contributed by atoms with van der Waals surface area (Å²) >= 11 is 4.69. The van der Waals surface area contributed by atoms with E-state index >= 15 is 0 Å². The molecule has 0 aromatic heterocycles. The first-order valence-corrected chi connectivity index (χ1v) is 8.79. The van der Waals surface area contributed by atoms with E-state index in [0.29, 0.717) is 16.1 Å². The van der Waals surface area contributed by atoms with Crippen molar-refractivity contribution in [3.63, 3.8) is 0 Å². The Bertz CT molecular complexity index is 583. The lowest BCUT2D eigenvalue weighted by Crippen LogP contribution is -2.52. The third kappa shape index (κ3) is 4.23. The monoisotopic (exact) mass is 388 g/mol. The molecule has 4 nitrogen and oxygen atoms in total. The summed E-state index contributed by atoms with van der Waals surface area (Å²) < 4.78 is 14.0. The molecule has 7 heteroatoms. The summed E-state index contributed by atoms with van der Waals surface area (Å²) in [6.07, 6.45) is 0. The molecule has 1 aliphatic heterocycles. The molecule has 1 fully saturated rings. The Kier molecular flexibility index (Phi) is 5.17. The van der Waals surface area contributed by atoms with Crippen molar-refractivity contribution in [1.29, 1.82) is 0 Å². The van der Waals surface area contributed by atoms with Crippen molar-refractivity contribution in [2.45, 2.75) is 32.4 Å². The maximum Gasteiger partial charge on any atom is 0.255 e. The Morgan fingerprint density at radius 3 is 2.64 bits per heavy atom. The summed E-state index contributed by atoms with van der Waals surface area (Å²) in [5, 5.41) is 2.89. The number of carbonyl (C=O) groups is 2. The van der Waals surface area contributed by atoms with Gasteiger partial charge in [0.2, 0.25) is 5.91 Å². The van der Waals surface area contributed by atoms with E-state index < -0.39 is 11.9 Å². The molecule has 0 saturated carbocycles. The maximum atomic E-state index is 13.5. The molecule has 1 atom stereocenters. The third-order valence-corrected chi connectivity index (χ3v) is 4.52. The largest absolute Gasteiger partial charge is 0.350 e. The first-order valence-electron chi connectivity index (χ1n) is 6.84. The number of amides is 2. The predicted octanol–water partition coefficient (Wildman–Crippen LogP) is 3.02. The Balaban J connectivity index is 2.19. The van der Waals surface area contributed by atoms with Gasteiger partial charge in [0.1, 0.15) is 11.9 Å². The maximum absolute atomic E-state index is 13.5. The van der Waals surface area contributed by atoms with E-state index in [1.54, 1.807) is 6.07 Å². The van der Waals surface area contributed by atoms with E-state index in [-0.39, 0.29) is 22.9 Å². The Morgan fingerprint density at radius 2 is 2.05 bits per heavy atom. The van der Waals surface area contributed by atoms with Crippen LogP contribution in [0.5, 0.6) is 0 Å². The van der Waals surface area contributed by atoms with Gasteiger partial charge in [0.15, 0.2) is 0 Å². The number of rotatable bonds is 2. The van der Waals surface area contributed by atoms with Crippen molar-refractivity contribution < 1.29 is 14.0 Å². The highest BCUT2D eigenvalue weighted by molar-refractivity contribution is 9.10. The molecule has 0 bridgehead atoms. The van der Waals surface area contributed by atoms with Crippen LogP contribution < -0.4 is 5.32 Å². The van der Waals surface area contributed by atoms with Crippen LogP contribution >= 0.6 is 27.7 Å². The number of carbonyl (C=O) groups excluding carboxylic acids is 2. The van der Waals surface area contributed by atoms with Gasteiger partial charge < -0.3 is 10.2 Å². The van der Waals surface area contributed by atoms with Crippen LogP contribution in [0.1, 0.15) is 31.1 Å². The number of nitrogens with one attached hydrogen (secondary N) is 1. The topological polar surface area (TPSA) is 49.4 Å². The van der Waals surface area contributed by atoms with Crippen molar-refractivity contribution in [1.82, 2.24) is 10.2 Å². The van der Waals surface area contributed by atoms with Gasteiger partial charge in [-0.1, -0.05) is 15.9 Å². The Labute approximate surface area is 141 Å². The zero-order valence-corrected chi connectivity index (χ0v) is 15.1. The summed E-state index contributed by atoms with van der Waals surface area (Å²) in [6.45, 7) is 5.68. The molecule has 0 spiro atoms. The van der Waals surface area contributed by atoms with E-state index in [1.165, 1.54) is 28.8 Å². The Hall–Kier alpha value is -1.08. The van der Waals surface area contributed by atoms with Crippen molar-refractivity contribution in [2.24, 2.45) is 0 Å². The van der Waals surface area contributed by atoms with Gasteiger partial charge in [0, 0.05) is 21.3 Å². The van der Waals surface area contributed by atoms with Gasteiger partial charge >= 0.3 is 0 Å². The average Bonchev–Trinajstić information content (AvgIpc) is 2.83. The summed E-state index contributed by atoms with van der Waals surface area (Å²) in [5.74, 6) is -0.0277. The molecule has 22 heavy (non-hydrogen) atoms. The third-order valence-electron chi connectivity index (χ3n) is 3.05. The number of halogens is 2. The van der Waals surface area contributed by atoms with E-state index in [1.807, 2.05) is 20.8 Å². The van der Waals surface area contributed by atoms with Gasteiger partial charge in [-0.25, -0.2) is 4.39 Å². The van der Waals surface area contributed by atoms with Crippen LogP contribution in [0.3, 0.4) is 0 Å². The Morgan fingerprint density at radius 1 is 1.36 bits per heavy atom.